The predicted octanol–water partition coefficient (Wildman–Crippen LogP) is 3.75. The van der Waals surface area contributed by atoms with Gasteiger partial charge in [0.15, 0.2) is 0 Å². The van der Waals surface area contributed by atoms with E-state index in [-0.39, 0.29) is 23.9 Å². The molecule has 10 heteroatoms. The maximum absolute atomic E-state index is 13.5. The van der Waals surface area contributed by atoms with Crippen molar-refractivity contribution in [2.24, 2.45) is 11.7 Å². The number of piperidine rings is 1. The Kier molecular flexibility index (Phi) is 7.51. The van der Waals surface area contributed by atoms with Crippen LogP contribution in [0.1, 0.15) is 28.8 Å². The summed E-state index contributed by atoms with van der Waals surface area (Å²) in [7, 11) is 0. The standard InChI is InChI=1S/C25H26F2N6O2/c26-17-7-15(8-18(27)9-17)12-30-22-11-23(31-14-21(22)24(28)34)32-19-4-1-5-20(10-19)33-25(35)16-3-2-6-29-13-16/h1,4-5,7-11,14,16,29H,2-3,6,12-13H2,(H2,28,34)(H,33,35)(H2,30,31,32)/t16-/m1/s1. The molecule has 2 amide bonds. The Morgan fingerprint density at radius 3 is 2.57 bits per heavy atom. The maximum atomic E-state index is 13.5. The Morgan fingerprint density at radius 1 is 1.09 bits per heavy atom. The summed E-state index contributed by atoms with van der Waals surface area (Å²) in [6.45, 7) is 1.66. The number of rotatable bonds is 8. The molecule has 1 aromatic heterocycles. The Labute approximate surface area is 201 Å². The largest absolute Gasteiger partial charge is 0.380 e. The Morgan fingerprint density at radius 2 is 1.86 bits per heavy atom. The zero-order chi connectivity index (χ0) is 24.8. The van der Waals surface area contributed by atoms with Gasteiger partial charge in [-0.15, -0.1) is 0 Å². The van der Waals surface area contributed by atoms with Crippen LogP contribution >= 0.6 is 0 Å². The van der Waals surface area contributed by atoms with Gasteiger partial charge in [0.2, 0.25) is 5.91 Å². The van der Waals surface area contributed by atoms with Gasteiger partial charge in [0.05, 0.1) is 17.2 Å². The highest BCUT2D eigenvalue weighted by molar-refractivity contribution is 5.98. The number of aromatic nitrogens is 1. The lowest BCUT2D eigenvalue weighted by Crippen LogP contribution is -2.37. The third kappa shape index (κ3) is 6.51. The fourth-order valence-electron chi connectivity index (χ4n) is 3.92. The summed E-state index contributed by atoms with van der Waals surface area (Å²) in [5.41, 5.74) is 7.62. The average molecular weight is 481 g/mol. The van der Waals surface area contributed by atoms with Crippen LogP contribution in [0.5, 0.6) is 0 Å². The first-order valence-electron chi connectivity index (χ1n) is 11.2. The van der Waals surface area contributed by atoms with Gasteiger partial charge >= 0.3 is 0 Å². The molecule has 2 aromatic carbocycles. The van der Waals surface area contributed by atoms with E-state index in [0.29, 0.717) is 35.0 Å². The SMILES string of the molecule is NC(=O)c1cnc(Nc2cccc(NC(=O)[C@@H]3CCCNC3)c2)cc1NCc1cc(F)cc(F)c1. The minimum atomic E-state index is -0.695. The number of nitrogens with two attached hydrogens (primary N) is 1. The lowest BCUT2D eigenvalue weighted by Gasteiger charge is -2.22. The van der Waals surface area contributed by atoms with Crippen molar-refractivity contribution >= 4 is 34.7 Å². The topological polar surface area (TPSA) is 121 Å². The van der Waals surface area contributed by atoms with Crippen LogP contribution in [-0.4, -0.2) is 29.9 Å². The Balaban J connectivity index is 1.47. The number of halogens is 2. The molecular weight excluding hydrogens is 454 g/mol. The van der Waals surface area contributed by atoms with E-state index in [2.05, 4.69) is 26.3 Å². The second kappa shape index (κ2) is 10.9. The van der Waals surface area contributed by atoms with Crippen molar-refractivity contribution in [2.45, 2.75) is 19.4 Å². The van der Waals surface area contributed by atoms with Crippen molar-refractivity contribution in [1.82, 2.24) is 10.3 Å². The van der Waals surface area contributed by atoms with Crippen molar-refractivity contribution in [3.8, 4) is 0 Å². The van der Waals surface area contributed by atoms with Gasteiger partial charge in [0, 0.05) is 42.8 Å². The molecule has 2 heterocycles. The van der Waals surface area contributed by atoms with Gasteiger partial charge in [-0.2, -0.15) is 0 Å². The van der Waals surface area contributed by atoms with Crippen LogP contribution in [0.15, 0.2) is 54.7 Å². The molecule has 1 atom stereocenters. The lowest BCUT2D eigenvalue weighted by molar-refractivity contribution is -0.120. The van der Waals surface area contributed by atoms with Gasteiger partial charge in [-0.3, -0.25) is 9.59 Å². The van der Waals surface area contributed by atoms with Crippen molar-refractivity contribution in [1.29, 1.82) is 0 Å². The average Bonchev–Trinajstić information content (AvgIpc) is 2.83. The predicted molar refractivity (Wildman–Crippen MR) is 130 cm³/mol. The zero-order valence-electron chi connectivity index (χ0n) is 18.9. The number of nitrogens with zero attached hydrogens (tertiary/aromatic N) is 1. The fraction of sp³-hybridized carbons (Fsp3) is 0.240. The van der Waals surface area contributed by atoms with Crippen molar-refractivity contribution in [2.75, 3.05) is 29.0 Å². The third-order valence-corrected chi connectivity index (χ3v) is 5.64. The number of pyridine rings is 1. The maximum Gasteiger partial charge on any atom is 0.252 e. The van der Waals surface area contributed by atoms with E-state index in [0.717, 1.165) is 25.5 Å². The molecule has 1 fully saturated rings. The summed E-state index contributed by atoms with van der Waals surface area (Å²) in [5.74, 6) is -1.77. The highest BCUT2D eigenvalue weighted by atomic mass is 19.1. The highest BCUT2D eigenvalue weighted by Gasteiger charge is 2.21. The van der Waals surface area contributed by atoms with Gasteiger partial charge in [0.1, 0.15) is 17.5 Å². The van der Waals surface area contributed by atoms with Crippen LogP contribution in [0.25, 0.3) is 0 Å². The molecule has 182 valence electrons. The van der Waals surface area contributed by atoms with Gasteiger partial charge in [-0.05, 0) is 55.3 Å². The van der Waals surface area contributed by atoms with Crippen molar-refractivity contribution in [3.63, 3.8) is 0 Å². The lowest BCUT2D eigenvalue weighted by atomic mass is 9.99. The molecule has 0 bridgehead atoms. The van der Waals surface area contributed by atoms with Crippen LogP contribution in [0, 0.1) is 17.6 Å². The van der Waals surface area contributed by atoms with Gasteiger partial charge in [-0.25, -0.2) is 13.8 Å². The van der Waals surface area contributed by atoms with E-state index < -0.39 is 17.5 Å². The first-order valence-corrected chi connectivity index (χ1v) is 11.2. The number of benzene rings is 2. The second-order valence-corrected chi connectivity index (χ2v) is 8.35. The molecule has 0 spiro atoms. The molecule has 3 aromatic rings. The third-order valence-electron chi connectivity index (χ3n) is 5.64. The molecule has 1 aliphatic heterocycles. The van der Waals surface area contributed by atoms with Crippen LogP contribution in [-0.2, 0) is 11.3 Å². The highest BCUT2D eigenvalue weighted by Crippen LogP contribution is 2.24. The van der Waals surface area contributed by atoms with Crippen molar-refractivity contribution < 1.29 is 18.4 Å². The van der Waals surface area contributed by atoms with E-state index in [1.165, 1.54) is 18.3 Å². The number of hydrogen-bond donors (Lipinski definition) is 5. The summed E-state index contributed by atoms with van der Waals surface area (Å²) in [6, 6.07) is 11.9. The first kappa shape index (κ1) is 24.1. The van der Waals surface area contributed by atoms with E-state index in [1.54, 1.807) is 24.3 Å². The first-order chi connectivity index (χ1) is 16.9. The van der Waals surface area contributed by atoms with Crippen LogP contribution < -0.4 is 27.0 Å². The summed E-state index contributed by atoms with van der Waals surface area (Å²) in [4.78, 5) is 28.6. The van der Waals surface area contributed by atoms with E-state index >= 15 is 0 Å². The number of anilines is 4. The minimum Gasteiger partial charge on any atom is -0.380 e. The Bertz CT molecular complexity index is 1210. The molecule has 0 aliphatic carbocycles. The van der Waals surface area contributed by atoms with Gasteiger partial charge < -0.3 is 27.0 Å². The summed E-state index contributed by atoms with van der Waals surface area (Å²) in [5, 5.41) is 12.3. The molecule has 4 rings (SSSR count). The molecular formula is C25H26F2N6O2. The van der Waals surface area contributed by atoms with Crippen molar-refractivity contribution in [3.05, 3.63) is 77.5 Å². The fourth-order valence-corrected chi connectivity index (χ4v) is 3.92. The summed E-state index contributed by atoms with van der Waals surface area (Å²) >= 11 is 0. The molecule has 8 nitrogen and oxygen atoms in total. The molecule has 35 heavy (non-hydrogen) atoms. The Hall–Kier alpha value is -4.05. The minimum absolute atomic E-state index is 0.0291. The number of hydrogen-bond acceptors (Lipinski definition) is 6. The number of nitrogens with one attached hydrogen (secondary N) is 4. The quantitative estimate of drug-likeness (QED) is 0.335. The van der Waals surface area contributed by atoms with Gasteiger partial charge in [0.25, 0.3) is 5.91 Å². The van der Waals surface area contributed by atoms with E-state index in [1.807, 2.05) is 6.07 Å². The summed E-state index contributed by atoms with van der Waals surface area (Å²) < 4.78 is 27.0. The number of primary amides is 1. The molecule has 0 radical (unpaired) electrons. The zero-order valence-corrected chi connectivity index (χ0v) is 18.9. The second-order valence-electron chi connectivity index (χ2n) is 8.35. The molecule has 6 N–H and O–H groups in total. The van der Waals surface area contributed by atoms with E-state index in [9.17, 15) is 18.4 Å². The van der Waals surface area contributed by atoms with Gasteiger partial charge in [-0.1, -0.05) is 6.07 Å². The smallest absolute Gasteiger partial charge is 0.252 e. The number of amides is 2. The monoisotopic (exact) mass is 480 g/mol. The molecule has 0 unspecified atom stereocenters. The normalized spacial score (nSPS) is 15.3. The summed E-state index contributed by atoms with van der Waals surface area (Å²) in [6.07, 6.45) is 3.14. The molecule has 1 aliphatic rings. The van der Waals surface area contributed by atoms with Crippen LogP contribution in [0.4, 0.5) is 31.7 Å². The van der Waals surface area contributed by atoms with Crippen LogP contribution in [0.3, 0.4) is 0 Å². The molecule has 1 saturated heterocycles. The number of carbonyl (C=O) groups is 2. The number of carbonyl (C=O) groups excluding carboxylic acids is 2. The van der Waals surface area contributed by atoms with E-state index in [4.69, 9.17) is 5.73 Å². The van der Waals surface area contributed by atoms with Crippen LogP contribution in [0.2, 0.25) is 0 Å². The molecule has 0 saturated carbocycles.